The van der Waals surface area contributed by atoms with E-state index in [1.165, 1.54) is 0 Å². The first-order valence-corrected chi connectivity index (χ1v) is 6.46. The lowest BCUT2D eigenvalue weighted by Crippen LogP contribution is -2.46. The Kier molecular flexibility index (Phi) is 11.6. The number of carbonyl (C=O) groups is 1. The number of nitrogens with zero attached hydrogens (tertiary/aromatic N) is 1. The minimum Gasteiger partial charge on any atom is -0.412 e. The van der Waals surface area contributed by atoms with Crippen molar-refractivity contribution in [3.63, 3.8) is 0 Å². The molecule has 0 aromatic heterocycles. The van der Waals surface area contributed by atoms with Crippen LogP contribution in [0.25, 0.3) is 0 Å². The minimum absolute atomic E-state index is 0. The Morgan fingerprint density at radius 2 is 1.71 bits per heavy atom. The van der Waals surface area contributed by atoms with Crippen molar-refractivity contribution in [2.75, 3.05) is 38.0 Å². The number of para-hydroxylation sites is 1. The highest BCUT2D eigenvalue weighted by atomic mass is 35.5. The fraction of sp³-hybridized carbons (Fsp3) is 0.500. The molecule has 122 valence electrons. The highest BCUT2D eigenvalue weighted by Gasteiger charge is 2.14. The first-order valence-electron chi connectivity index (χ1n) is 6.46. The average molecular weight is 338 g/mol. The summed E-state index contributed by atoms with van der Waals surface area (Å²) in [6.45, 7) is 8.35. The van der Waals surface area contributed by atoms with Crippen LogP contribution in [-0.4, -0.2) is 49.0 Å². The van der Waals surface area contributed by atoms with Crippen LogP contribution < -0.4 is 10.6 Å². The monoisotopic (exact) mass is 337 g/mol. The predicted molar refractivity (Wildman–Crippen MR) is 92.0 cm³/mol. The van der Waals surface area contributed by atoms with Gasteiger partial charge in [0.15, 0.2) is 0 Å². The van der Waals surface area contributed by atoms with Gasteiger partial charge in [0.2, 0.25) is 5.91 Å². The molecule has 1 aromatic carbocycles. The Morgan fingerprint density at radius 3 is 2.24 bits per heavy atom. The standard InChI is InChI=1S/C14H21N3O.2ClH.H2O/c1-11-4-3-5-12(2)14(11)16-13(18)10-17-8-6-15-7-9-17;;;/h3-5,15H,6-10H2,1-2H3,(H,16,18);2*1H;1H2. The zero-order valence-electron chi connectivity index (χ0n) is 12.4. The van der Waals surface area contributed by atoms with E-state index in [9.17, 15) is 4.79 Å². The van der Waals surface area contributed by atoms with Crippen molar-refractivity contribution in [1.29, 1.82) is 0 Å². The van der Waals surface area contributed by atoms with Crippen LogP contribution in [0.3, 0.4) is 0 Å². The van der Waals surface area contributed by atoms with Gasteiger partial charge in [-0.05, 0) is 25.0 Å². The molecule has 1 fully saturated rings. The van der Waals surface area contributed by atoms with Crippen molar-refractivity contribution in [1.82, 2.24) is 10.2 Å². The third-order valence-corrected chi connectivity index (χ3v) is 3.32. The van der Waals surface area contributed by atoms with Crippen LogP contribution in [0.1, 0.15) is 11.1 Å². The molecule has 0 aliphatic carbocycles. The lowest BCUT2D eigenvalue weighted by molar-refractivity contribution is -0.117. The molecule has 1 aliphatic heterocycles. The van der Waals surface area contributed by atoms with E-state index in [4.69, 9.17) is 0 Å². The van der Waals surface area contributed by atoms with E-state index in [2.05, 4.69) is 15.5 Å². The second-order valence-corrected chi connectivity index (χ2v) is 4.84. The van der Waals surface area contributed by atoms with Gasteiger partial charge >= 0.3 is 0 Å². The van der Waals surface area contributed by atoms with Gasteiger partial charge in [-0.1, -0.05) is 18.2 Å². The van der Waals surface area contributed by atoms with Gasteiger partial charge in [0.1, 0.15) is 0 Å². The molecule has 21 heavy (non-hydrogen) atoms. The van der Waals surface area contributed by atoms with Crippen molar-refractivity contribution >= 4 is 36.4 Å². The molecule has 1 aromatic rings. The molecule has 1 aliphatic rings. The third kappa shape index (κ3) is 6.63. The maximum Gasteiger partial charge on any atom is 0.238 e. The summed E-state index contributed by atoms with van der Waals surface area (Å²) in [7, 11) is 0. The molecule has 0 radical (unpaired) electrons. The summed E-state index contributed by atoms with van der Waals surface area (Å²) in [5.41, 5.74) is 3.19. The predicted octanol–water partition coefficient (Wildman–Crippen LogP) is 1.17. The van der Waals surface area contributed by atoms with Crippen molar-refractivity contribution in [3.8, 4) is 0 Å². The second-order valence-electron chi connectivity index (χ2n) is 4.84. The van der Waals surface area contributed by atoms with Gasteiger partial charge in [0, 0.05) is 31.9 Å². The van der Waals surface area contributed by atoms with Crippen molar-refractivity contribution in [2.45, 2.75) is 13.8 Å². The van der Waals surface area contributed by atoms with E-state index in [0.29, 0.717) is 6.54 Å². The highest BCUT2D eigenvalue weighted by Crippen LogP contribution is 2.19. The van der Waals surface area contributed by atoms with Crippen LogP contribution in [0.5, 0.6) is 0 Å². The highest BCUT2D eigenvalue weighted by molar-refractivity contribution is 5.93. The number of piperazine rings is 1. The van der Waals surface area contributed by atoms with E-state index in [1.807, 2.05) is 32.0 Å². The van der Waals surface area contributed by atoms with Gasteiger partial charge in [-0.3, -0.25) is 9.69 Å². The fourth-order valence-electron chi connectivity index (χ4n) is 2.26. The number of hydrogen-bond acceptors (Lipinski definition) is 3. The number of carbonyl (C=O) groups excluding carboxylic acids is 1. The first kappa shape index (κ1) is 22.4. The van der Waals surface area contributed by atoms with E-state index < -0.39 is 0 Å². The Balaban J connectivity index is 0. The summed E-state index contributed by atoms with van der Waals surface area (Å²) in [5.74, 6) is 0.0781. The quantitative estimate of drug-likeness (QED) is 0.869. The number of rotatable bonds is 3. The van der Waals surface area contributed by atoms with Crippen LogP contribution in [0.4, 0.5) is 5.69 Å². The maximum absolute atomic E-state index is 12.0. The summed E-state index contributed by atoms with van der Waals surface area (Å²) in [6.07, 6.45) is 0. The topological polar surface area (TPSA) is 75.9 Å². The molecule has 2 rings (SSSR count). The molecule has 0 spiro atoms. The van der Waals surface area contributed by atoms with Crippen molar-refractivity contribution in [3.05, 3.63) is 29.3 Å². The van der Waals surface area contributed by atoms with Gasteiger partial charge < -0.3 is 16.1 Å². The van der Waals surface area contributed by atoms with E-state index in [-0.39, 0.29) is 36.2 Å². The van der Waals surface area contributed by atoms with E-state index in [0.717, 1.165) is 43.0 Å². The number of aryl methyl sites for hydroxylation is 2. The summed E-state index contributed by atoms with van der Waals surface area (Å²) in [6, 6.07) is 6.05. The molecule has 0 unspecified atom stereocenters. The average Bonchev–Trinajstić information content (AvgIpc) is 2.35. The number of anilines is 1. The molecular formula is C14H25Cl2N3O2. The smallest absolute Gasteiger partial charge is 0.238 e. The number of nitrogens with one attached hydrogen (secondary N) is 2. The molecule has 4 N–H and O–H groups in total. The molecular weight excluding hydrogens is 313 g/mol. The Bertz CT molecular complexity index is 418. The second kappa shape index (κ2) is 10.8. The lowest BCUT2D eigenvalue weighted by atomic mass is 10.1. The normalized spacial score (nSPS) is 14.2. The van der Waals surface area contributed by atoms with Crippen LogP contribution in [0.2, 0.25) is 0 Å². The van der Waals surface area contributed by atoms with Crippen molar-refractivity contribution < 1.29 is 10.3 Å². The van der Waals surface area contributed by atoms with E-state index in [1.54, 1.807) is 0 Å². The first-order chi connectivity index (χ1) is 8.66. The zero-order chi connectivity index (χ0) is 13.0. The SMILES string of the molecule is Cc1cccc(C)c1NC(=O)CN1CCNCC1.Cl.Cl.O. The minimum atomic E-state index is 0. The molecule has 1 amide bonds. The number of benzene rings is 1. The summed E-state index contributed by atoms with van der Waals surface area (Å²) >= 11 is 0. The van der Waals surface area contributed by atoms with Gasteiger partial charge in [-0.2, -0.15) is 0 Å². The van der Waals surface area contributed by atoms with Gasteiger partial charge in [-0.15, -0.1) is 24.8 Å². The van der Waals surface area contributed by atoms with Crippen molar-refractivity contribution in [2.24, 2.45) is 0 Å². The Morgan fingerprint density at radius 1 is 1.19 bits per heavy atom. The van der Waals surface area contributed by atoms with Crippen LogP contribution in [-0.2, 0) is 4.79 Å². The zero-order valence-corrected chi connectivity index (χ0v) is 14.1. The van der Waals surface area contributed by atoms with Crippen LogP contribution >= 0.6 is 24.8 Å². The Labute approximate surface area is 138 Å². The van der Waals surface area contributed by atoms with Crippen LogP contribution in [0.15, 0.2) is 18.2 Å². The molecule has 5 nitrogen and oxygen atoms in total. The molecule has 7 heteroatoms. The van der Waals surface area contributed by atoms with Crippen LogP contribution in [0, 0.1) is 13.8 Å². The lowest BCUT2D eigenvalue weighted by Gasteiger charge is -2.26. The van der Waals surface area contributed by atoms with Gasteiger partial charge in [-0.25, -0.2) is 0 Å². The third-order valence-electron chi connectivity index (χ3n) is 3.32. The molecule has 0 bridgehead atoms. The fourth-order valence-corrected chi connectivity index (χ4v) is 2.26. The number of hydrogen-bond donors (Lipinski definition) is 2. The molecule has 1 saturated heterocycles. The molecule has 0 atom stereocenters. The largest absolute Gasteiger partial charge is 0.412 e. The Hall–Kier alpha value is -0.850. The summed E-state index contributed by atoms with van der Waals surface area (Å²) in [4.78, 5) is 14.2. The number of amides is 1. The maximum atomic E-state index is 12.0. The summed E-state index contributed by atoms with van der Waals surface area (Å²) in [5, 5.41) is 6.31. The summed E-state index contributed by atoms with van der Waals surface area (Å²) < 4.78 is 0. The van der Waals surface area contributed by atoms with E-state index >= 15 is 0 Å². The van der Waals surface area contributed by atoms with Gasteiger partial charge in [0.05, 0.1) is 6.54 Å². The molecule has 1 heterocycles. The molecule has 0 saturated carbocycles. The number of halogens is 2. The van der Waals surface area contributed by atoms with Gasteiger partial charge in [0.25, 0.3) is 0 Å².